The number of ether oxygens (including phenoxy) is 2. The molecule has 0 radical (unpaired) electrons. The number of nitrogens with one attached hydrogen (secondary N) is 1. The Bertz CT molecular complexity index is 583. The number of hydrazine groups is 1. The van der Waals surface area contributed by atoms with Crippen LogP contribution in [0.1, 0.15) is 35.9 Å². The molecule has 0 spiro atoms. The maximum atomic E-state index is 5.75. The molecular formula is C16H22N2O2S. The lowest BCUT2D eigenvalue weighted by atomic mass is 10.0. The van der Waals surface area contributed by atoms with Crippen LogP contribution in [0.2, 0.25) is 0 Å². The van der Waals surface area contributed by atoms with Gasteiger partial charge in [-0.1, -0.05) is 6.07 Å². The van der Waals surface area contributed by atoms with Crippen LogP contribution in [0, 0.1) is 6.92 Å². The van der Waals surface area contributed by atoms with Crippen molar-refractivity contribution in [3.8, 4) is 11.5 Å². The molecule has 0 aliphatic heterocycles. The van der Waals surface area contributed by atoms with E-state index in [0.29, 0.717) is 13.2 Å². The van der Waals surface area contributed by atoms with Crippen LogP contribution < -0.4 is 20.7 Å². The molecule has 0 fully saturated rings. The summed E-state index contributed by atoms with van der Waals surface area (Å²) in [5.74, 6) is 7.27. The van der Waals surface area contributed by atoms with Crippen molar-refractivity contribution >= 4 is 11.3 Å². The molecule has 0 aliphatic rings. The first-order valence-electron chi connectivity index (χ1n) is 7.10. The van der Waals surface area contributed by atoms with Gasteiger partial charge < -0.3 is 9.47 Å². The van der Waals surface area contributed by atoms with Gasteiger partial charge >= 0.3 is 0 Å². The van der Waals surface area contributed by atoms with Crippen molar-refractivity contribution in [1.82, 2.24) is 5.43 Å². The van der Waals surface area contributed by atoms with Crippen LogP contribution in [-0.4, -0.2) is 13.2 Å². The van der Waals surface area contributed by atoms with E-state index >= 15 is 0 Å². The maximum absolute atomic E-state index is 5.75. The van der Waals surface area contributed by atoms with Crippen LogP contribution in [-0.2, 0) is 0 Å². The SMILES string of the molecule is CCOc1ccc(C(NN)c2csc(C)c2)cc1OCC. The third-order valence-corrected chi connectivity index (χ3v) is 4.03. The lowest BCUT2D eigenvalue weighted by molar-refractivity contribution is 0.287. The van der Waals surface area contributed by atoms with Gasteiger partial charge in [-0.15, -0.1) is 11.3 Å². The van der Waals surface area contributed by atoms with Crippen molar-refractivity contribution in [2.75, 3.05) is 13.2 Å². The second-order valence-electron chi connectivity index (χ2n) is 4.66. The van der Waals surface area contributed by atoms with E-state index in [9.17, 15) is 0 Å². The van der Waals surface area contributed by atoms with Crippen molar-refractivity contribution in [3.05, 3.63) is 45.6 Å². The molecule has 1 heterocycles. The Morgan fingerprint density at radius 1 is 1.10 bits per heavy atom. The van der Waals surface area contributed by atoms with E-state index in [1.165, 1.54) is 4.88 Å². The molecule has 1 aromatic carbocycles. The smallest absolute Gasteiger partial charge is 0.161 e. The molecule has 114 valence electrons. The quantitative estimate of drug-likeness (QED) is 0.608. The highest BCUT2D eigenvalue weighted by atomic mass is 32.1. The van der Waals surface area contributed by atoms with E-state index < -0.39 is 0 Å². The predicted octanol–water partition coefficient (Wildman–Crippen LogP) is 3.41. The average Bonchev–Trinajstić information content (AvgIpc) is 2.89. The summed E-state index contributed by atoms with van der Waals surface area (Å²) in [6, 6.07) is 8.04. The molecule has 0 saturated heterocycles. The summed E-state index contributed by atoms with van der Waals surface area (Å²) >= 11 is 1.72. The highest BCUT2D eigenvalue weighted by molar-refractivity contribution is 7.10. The highest BCUT2D eigenvalue weighted by Crippen LogP contribution is 2.33. The average molecular weight is 306 g/mol. The van der Waals surface area contributed by atoms with E-state index in [1.807, 2.05) is 32.0 Å². The van der Waals surface area contributed by atoms with Crippen molar-refractivity contribution in [2.45, 2.75) is 26.8 Å². The zero-order valence-electron chi connectivity index (χ0n) is 12.7. The van der Waals surface area contributed by atoms with Crippen LogP contribution in [0.4, 0.5) is 0 Å². The summed E-state index contributed by atoms with van der Waals surface area (Å²) in [6.07, 6.45) is 0. The fraction of sp³-hybridized carbons (Fsp3) is 0.375. The van der Waals surface area contributed by atoms with Gasteiger partial charge in [-0.2, -0.15) is 0 Å². The Labute approximate surface area is 129 Å². The molecule has 2 aromatic rings. The summed E-state index contributed by atoms with van der Waals surface area (Å²) < 4.78 is 11.3. The number of thiophene rings is 1. The Morgan fingerprint density at radius 3 is 2.38 bits per heavy atom. The number of benzene rings is 1. The molecule has 0 amide bonds. The molecule has 1 unspecified atom stereocenters. The van der Waals surface area contributed by atoms with Crippen LogP contribution in [0.25, 0.3) is 0 Å². The predicted molar refractivity (Wildman–Crippen MR) is 87.0 cm³/mol. The Morgan fingerprint density at radius 2 is 1.81 bits per heavy atom. The second-order valence-corrected chi connectivity index (χ2v) is 5.78. The monoisotopic (exact) mass is 306 g/mol. The summed E-state index contributed by atoms with van der Waals surface area (Å²) in [7, 11) is 0. The fourth-order valence-corrected chi connectivity index (χ4v) is 2.98. The normalized spacial score (nSPS) is 12.2. The van der Waals surface area contributed by atoms with Gasteiger partial charge in [0.2, 0.25) is 0 Å². The standard InChI is InChI=1S/C16H22N2O2S/c1-4-19-14-7-6-12(9-15(14)20-5-2)16(18-17)13-8-11(3)21-10-13/h6-10,16,18H,4-5,17H2,1-3H3. The molecule has 1 aromatic heterocycles. The largest absolute Gasteiger partial charge is 0.490 e. The number of hydrogen-bond donors (Lipinski definition) is 2. The zero-order valence-corrected chi connectivity index (χ0v) is 13.5. The summed E-state index contributed by atoms with van der Waals surface area (Å²) in [4.78, 5) is 1.27. The number of hydrogen-bond acceptors (Lipinski definition) is 5. The summed E-state index contributed by atoms with van der Waals surface area (Å²) in [5.41, 5.74) is 5.10. The minimum atomic E-state index is -0.0511. The third kappa shape index (κ3) is 3.75. The highest BCUT2D eigenvalue weighted by Gasteiger charge is 2.16. The Kier molecular flexibility index (Phi) is 5.61. The lowest BCUT2D eigenvalue weighted by Crippen LogP contribution is -2.28. The van der Waals surface area contributed by atoms with E-state index in [2.05, 4.69) is 23.8 Å². The molecule has 3 N–H and O–H groups in total. The van der Waals surface area contributed by atoms with Gasteiger partial charge in [0.05, 0.1) is 19.3 Å². The number of rotatable bonds is 7. The van der Waals surface area contributed by atoms with Crippen LogP contribution in [0.15, 0.2) is 29.6 Å². The molecular weight excluding hydrogens is 284 g/mol. The van der Waals surface area contributed by atoms with E-state index in [-0.39, 0.29) is 6.04 Å². The summed E-state index contributed by atoms with van der Waals surface area (Å²) in [6.45, 7) is 7.22. The molecule has 21 heavy (non-hydrogen) atoms. The molecule has 1 atom stereocenters. The second kappa shape index (κ2) is 7.45. The Balaban J connectivity index is 2.35. The van der Waals surface area contributed by atoms with E-state index in [4.69, 9.17) is 15.3 Å². The molecule has 2 rings (SSSR count). The van der Waals surface area contributed by atoms with E-state index in [0.717, 1.165) is 22.6 Å². The van der Waals surface area contributed by atoms with Crippen molar-refractivity contribution in [3.63, 3.8) is 0 Å². The van der Waals surface area contributed by atoms with Crippen molar-refractivity contribution in [2.24, 2.45) is 5.84 Å². The van der Waals surface area contributed by atoms with Crippen LogP contribution >= 0.6 is 11.3 Å². The van der Waals surface area contributed by atoms with Gasteiger partial charge in [-0.25, -0.2) is 5.43 Å². The number of nitrogens with two attached hydrogens (primary N) is 1. The van der Waals surface area contributed by atoms with Gasteiger partial charge in [0.25, 0.3) is 0 Å². The van der Waals surface area contributed by atoms with Crippen LogP contribution in [0.3, 0.4) is 0 Å². The third-order valence-electron chi connectivity index (χ3n) is 3.15. The molecule has 0 bridgehead atoms. The lowest BCUT2D eigenvalue weighted by Gasteiger charge is -2.18. The Hall–Kier alpha value is -1.56. The maximum Gasteiger partial charge on any atom is 0.161 e. The molecule has 0 aliphatic carbocycles. The first kappa shape index (κ1) is 15.8. The minimum Gasteiger partial charge on any atom is -0.490 e. The molecule has 4 nitrogen and oxygen atoms in total. The fourth-order valence-electron chi connectivity index (χ4n) is 2.25. The van der Waals surface area contributed by atoms with Gasteiger partial charge in [-0.05, 0) is 55.5 Å². The molecule has 5 heteroatoms. The first-order valence-corrected chi connectivity index (χ1v) is 7.98. The topological polar surface area (TPSA) is 56.5 Å². The van der Waals surface area contributed by atoms with Gasteiger partial charge in [0, 0.05) is 4.88 Å². The minimum absolute atomic E-state index is 0.0511. The first-order chi connectivity index (χ1) is 10.2. The van der Waals surface area contributed by atoms with Gasteiger partial charge in [-0.3, -0.25) is 5.84 Å². The zero-order chi connectivity index (χ0) is 15.2. The number of aryl methyl sites for hydroxylation is 1. The van der Waals surface area contributed by atoms with Crippen LogP contribution in [0.5, 0.6) is 11.5 Å². The summed E-state index contributed by atoms with van der Waals surface area (Å²) in [5, 5.41) is 2.12. The van der Waals surface area contributed by atoms with Crippen molar-refractivity contribution < 1.29 is 9.47 Å². The van der Waals surface area contributed by atoms with E-state index in [1.54, 1.807) is 11.3 Å². The van der Waals surface area contributed by atoms with Crippen molar-refractivity contribution in [1.29, 1.82) is 0 Å². The molecule has 0 saturated carbocycles. The van der Waals surface area contributed by atoms with Gasteiger partial charge in [0.15, 0.2) is 11.5 Å². The van der Waals surface area contributed by atoms with Gasteiger partial charge in [0.1, 0.15) is 0 Å².